The molecule has 0 unspecified atom stereocenters. The van der Waals surface area contributed by atoms with E-state index in [0.717, 1.165) is 101 Å². The Balaban J connectivity index is 0.000000252. The van der Waals surface area contributed by atoms with Crippen LogP contribution in [-0.2, 0) is 14.2 Å². The Morgan fingerprint density at radius 2 is 1.06 bits per heavy atom. The molecule has 0 spiro atoms. The van der Waals surface area contributed by atoms with Crippen molar-refractivity contribution in [3.63, 3.8) is 0 Å². The van der Waals surface area contributed by atoms with E-state index in [4.69, 9.17) is 105 Å². The topological polar surface area (TPSA) is 325 Å². The van der Waals surface area contributed by atoms with Crippen LogP contribution >= 0.6 is 69.6 Å². The maximum Gasteiger partial charge on any atom is 0.321 e. The van der Waals surface area contributed by atoms with Crippen LogP contribution in [0.3, 0.4) is 0 Å². The maximum atomic E-state index is 12.8. The molecule has 2 amide bonds. The van der Waals surface area contributed by atoms with Gasteiger partial charge in [-0.05, 0) is 87.9 Å². The Morgan fingerprint density at radius 3 is 1.48 bits per heavy atom. The van der Waals surface area contributed by atoms with E-state index in [9.17, 15) is 15.0 Å². The van der Waals surface area contributed by atoms with Gasteiger partial charge in [0.25, 0.3) is 0 Å². The van der Waals surface area contributed by atoms with Crippen molar-refractivity contribution in [1.29, 1.82) is 0 Å². The first kappa shape index (κ1) is 72.7. The summed E-state index contributed by atoms with van der Waals surface area (Å²) in [6.07, 6.45) is 0.441. The van der Waals surface area contributed by atoms with Crippen LogP contribution in [0, 0.1) is 12.8 Å². The summed E-state index contributed by atoms with van der Waals surface area (Å²) in [6, 6.07) is 12.3. The molecule has 4 aromatic heterocycles. The summed E-state index contributed by atoms with van der Waals surface area (Å²) in [5.41, 5.74) is 8.42. The number of rotatable bonds is 15. The molecular formula is C54H81Cl6N17O8. The van der Waals surface area contributed by atoms with Crippen molar-refractivity contribution in [2.75, 3.05) is 149 Å². The number of urea groups is 1. The number of carbonyl (C=O) groups excluding carboxylic acids is 1. The van der Waals surface area contributed by atoms with Gasteiger partial charge in [0.1, 0.15) is 38.1 Å². The number of morpholine rings is 3. The fourth-order valence-electron chi connectivity index (χ4n) is 7.61. The number of ether oxygens (including phenoxy) is 3. The van der Waals surface area contributed by atoms with Gasteiger partial charge in [-0.1, -0.05) is 65.8 Å². The molecule has 85 heavy (non-hydrogen) atoms. The second-order valence-corrected chi connectivity index (χ2v) is 22.0. The van der Waals surface area contributed by atoms with Gasteiger partial charge in [-0.2, -0.15) is 9.97 Å². The highest BCUT2D eigenvalue weighted by molar-refractivity contribution is 6.35. The number of nitrogens with zero attached hydrogens (tertiary/aromatic N) is 11. The lowest BCUT2D eigenvalue weighted by molar-refractivity contribution is 0.109. The van der Waals surface area contributed by atoms with Crippen molar-refractivity contribution in [3.05, 3.63) is 79.2 Å². The Hall–Kier alpha value is -4.81. The average molecular weight is 1310 g/mol. The number of carbonyl (C=O) groups is 1. The Labute approximate surface area is 527 Å². The highest BCUT2D eigenvalue weighted by atomic mass is 35.5. The van der Waals surface area contributed by atoms with Crippen LogP contribution in [0.1, 0.15) is 53.0 Å². The van der Waals surface area contributed by atoms with Crippen LogP contribution in [0.25, 0.3) is 11.3 Å². The van der Waals surface area contributed by atoms with E-state index in [0.29, 0.717) is 93.0 Å². The van der Waals surface area contributed by atoms with Gasteiger partial charge in [0.05, 0.1) is 69.8 Å². The molecule has 472 valence electrons. The van der Waals surface area contributed by atoms with Crippen molar-refractivity contribution in [2.45, 2.75) is 78.8 Å². The number of benzene rings is 1. The summed E-state index contributed by atoms with van der Waals surface area (Å²) in [5.74, 6) is 3.60. The molecule has 31 heteroatoms. The number of nitrogens with two attached hydrogens (primary N) is 1. The van der Waals surface area contributed by atoms with Crippen LogP contribution in [0.2, 0.25) is 31.2 Å². The van der Waals surface area contributed by atoms with Gasteiger partial charge < -0.3 is 81.7 Å². The zero-order chi connectivity index (χ0) is 62.3. The largest absolute Gasteiger partial charge is 0.392 e. The molecule has 25 nitrogen and oxygen atoms in total. The minimum Gasteiger partial charge on any atom is -0.392 e. The molecule has 0 aliphatic carbocycles. The Bertz CT molecular complexity index is 2650. The summed E-state index contributed by atoms with van der Waals surface area (Å²) in [5, 5.41) is 52.8. The first-order valence-electron chi connectivity index (χ1n) is 27.8. The highest BCUT2D eigenvalue weighted by Gasteiger charge is 2.25. The third kappa shape index (κ3) is 29.6. The van der Waals surface area contributed by atoms with Crippen molar-refractivity contribution in [2.24, 2.45) is 11.7 Å². The van der Waals surface area contributed by atoms with Gasteiger partial charge in [-0.25, -0.2) is 34.7 Å². The number of hydrogen-bond acceptors (Lipinski definition) is 23. The third-order valence-electron chi connectivity index (χ3n) is 12.1. The SMILES string of the molecule is C1COCCN1.CC[C@@H]1CCN(C(=O)Nc2ccc(C)c(-c3cc(NC[C@@H](C)O)nc(N4CCOCC4)n3)c2)C1.C[C@@H](O)CN.C[C@@H](O)CNc1cc(Cl)nc(Cl)n1.C[C@@H](O)CNc1cc(Cl)nc(N2CCOCC2)n1.Clc1cc(Cl)nc(Cl)n1. The summed E-state index contributed by atoms with van der Waals surface area (Å²) >= 11 is 33.4. The number of halogens is 6. The van der Waals surface area contributed by atoms with Crippen molar-refractivity contribution < 1.29 is 39.4 Å². The van der Waals surface area contributed by atoms with E-state index in [2.05, 4.69) is 73.3 Å². The minimum absolute atomic E-state index is 0.0539. The monoisotopic (exact) mass is 1310 g/mol. The molecule has 5 aromatic rings. The van der Waals surface area contributed by atoms with Crippen molar-refractivity contribution >= 4 is 111 Å². The van der Waals surface area contributed by atoms with Gasteiger partial charge in [-0.3, -0.25) is 0 Å². The number of anilines is 6. The Morgan fingerprint density at radius 1 is 0.612 bits per heavy atom. The second-order valence-electron chi connectivity index (χ2n) is 19.7. The second kappa shape index (κ2) is 39.9. The van der Waals surface area contributed by atoms with E-state index >= 15 is 0 Å². The summed E-state index contributed by atoms with van der Waals surface area (Å²) < 4.78 is 15.8. The van der Waals surface area contributed by atoms with Gasteiger partial charge in [0.15, 0.2) is 0 Å². The van der Waals surface area contributed by atoms with Gasteiger partial charge in [0, 0.05) is 114 Å². The molecule has 9 rings (SSSR count). The fourth-order valence-corrected chi connectivity index (χ4v) is 8.89. The smallest absolute Gasteiger partial charge is 0.321 e. The number of aliphatic hydroxyl groups excluding tert-OH is 4. The molecule has 8 heterocycles. The van der Waals surface area contributed by atoms with Gasteiger partial charge in [0.2, 0.25) is 22.5 Å². The van der Waals surface area contributed by atoms with E-state index in [1.165, 1.54) is 12.1 Å². The third-order valence-corrected chi connectivity index (χ3v) is 13.2. The quantitative estimate of drug-likeness (QED) is 0.0371. The zero-order valence-electron chi connectivity index (χ0n) is 48.8. The summed E-state index contributed by atoms with van der Waals surface area (Å²) in [4.78, 5) is 51.7. The molecular weight excluding hydrogens is 1230 g/mol. The first-order valence-corrected chi connectivity index (χ1v) is 30.1. The fraction of sp³-hybridized carbons (Fsp3) is 0.574. The predicted octanol–water partition coefficient (Wildman–Crippen LogP) is 7.05. The summed E-state index contributed by atoms with van der Waals surface area (Å²) in [6.45, 7) is 23.6. The molecule has 4 aliphatic rings. The summed E-state index contributed by atoms with van der Waals surface area (Å²) in [7, 11) is 0. The number of aromatic nitrogens is 8. The van der Waals surface area contributed by atoms with E-state index in [1.54, 1.807) is 33.8 Å². The molecule has 4 saturated heterocycles. The normalized spacial score (nSPS) is 17.0. The molecule has 4 fully saturated rings. The van der Waals surface area contributed by atoms with Crippen LogP contribution in [0.15, 0.2) is 42.5 Å². The van der Waals surface area contributed by atoms with E-state index in [-0.39, 0.29) is 38.2 Å². The average Bonchev–Trinajstić information content (AvgIpc) is 3.37. The molecule has 1 aromatic carbocycles. The molecule has 0 radical (unpaired) electrons. The Kier molecular flexibility index (Phi) is 34.1. The lowest BCUT2D eigenvalue weighted by Crippen LogP contribution is -2.37. The van der Waals surface area contributed by atoms with Crippen LogP contribution in [-0.4, -0.2) is 214 Å². The number of aryl methyl sites for hydroxylation is 1. The zero-order valence-corrected chi connectivity index (χ0v) is 53.3. The highest BCUT2D eigenvalue weighted by Crippen LogP contribution is 2.30. The number of aliphatic hydroxyl groups is 4. The maximum absolute atomic E-state index is 12.8. The number of nitrogens with one attached hydrogen (secondary N) is 5. The minimum atomic E-state index is -0.497. The molecule has 4 aliphatic heterocycles. The molecule has 11 N–H and O–H groups in total. The van der Waals surface area contributed by atoms with Gasteiger partial charge in [-0.15, -0.1) is 0 Å². The van der Waals surface area contributed by atoms with Crippen molar-refractivity contribution in [3.8, 4) is 11.3 Å². The van der Waals surface area contributed by atoms with Crippen LogP contribution in [0.4, 0.5) is 39.8 Å². The number of hydrogen-bond donors (Lipinski definition) is 10. The lowest BCUT2D eigenvalue weighted by Gasteiger charge is -2.27. The standard InChI is InChI=1S/C25H36N6O3.C11H17ClN4O2.C7H9Cl2N3O.C4HCl3N2.C4H9NO.C3H9NO/c1-4-19-7-8-31(16-19)25(33)27-20-6-5-17(2)21(13-20)22-14-23(26-15-18(3)32)29-24(28-22)30-9-11-34-12-10-30;1-8(17)7-13-10-6-9(12)14-11(15-10)16-2-4-18-5-3-16;1-4(13)3-10-6-2-5(8)11-7(9)12-6;5-2-1-3(6)9-4(7)8-2;1-3-6-4-2-5-1;1-3(5)2-4/h5-6,13-14,18-19,32H,4,7-12,15-16H2,1-3H3,(H,27,33)(H,26,28,29);6,8,17H,2-5,7H2,1H3,(H,13,14,15);2,4,13H,3H2,1H3,(H,10,11,12);1H;5H,1-4H2;3,5H,2,4H2,1H3/t18-,19-;8-;4-;;;3-/m111..1/s1. The first-order chi connectivity index (χ1) is 40.6. The molecule has 0 saturated carbocycles. The van der Waals surface area contributed by atoms with Crippen LogP contribution < -0.4 is 42.1 Å². The lowest BCUT2D eigenvalue weighted by atomic mass is 10.0. The predicted molar refractivity (Wildman–Crippen MR) is 338 cm³/mol. The van der Waals surface area contributed by atoms with Crippen LogP contribution in [0.5, 0.6) is 0 Å². The van der Waals surface area contributed by atoms with E-state index in [1.807, 2.05) is 41.0 Å². The number of amides is 2. The molecule has 0 bridgehead atoms. The van der Waals surface area contributed by atoms with Crippen molar-refractivity contribution in [1.82, 2.24) is 50.1 Å². The van der Waals surface area contributed by atoms with E-state index < -0.39 is 18.3 Å². The molecule has 5 atom stereocenters. The number of likely N-dealkylation sites (tertiary alicyclic amines) is 1. The van der Waals surface area contributed by atoms with Gasteiger partial charge >= 0.3 is 6.03 Å².